The topological polar surface area (TPSA) is 162 Å². The number of imidazole rings is 1. The van der Waals surface area contributed by atoms with Gasteiger partial charge < -0.3 is 30.0 Å². The number of nitrogens with one attached hydrogen (secondary N) is 3. The third kappa shape index (κ3) is 4.54. The van der Waals surface area contributed by atoms with Crippen molar-refractivity contribution in [2.75, 3.05) is 18.5 Å². The fourth-order valence-corrected chi connectivity index (χ4v) is 9.62. The van der Waals surface area contributed by atoms with Crippen LogP contribution in [0.4, 0.5) is 10.6 Å². The molecule has 1 aromatic carbocycles. The van der Waals surface area contributed by atoms with Gasteiger partial charge >= 0.3 is 6.03 Å². The van der Waals surface area contributed by atoms with Crippen LogP contribution in [-0.4, -0.2) is 79.4 Å². The standard InChI is InChI=1S/C32H37N7O6/c40-6-5-33-28(41)24-23-25(45-32(44-23)13-20-3-1-2-4-21(20)14-32)29(43-24)39-16-36-22-26(34-15-35-27(22)39)37-30(42)38-31-10-17-7-18(11-31)9-19(8-17)12-31/h1-4,15-19,23-25,29,40H,5-14H2,(H,33,41)(H2,34,35,37,38,42)/t17?,18?,19?,23-,24+,25-,29-,31?/m1/s1. The fourth-order valence-electron chi connectivity index (χ4n) is 9.62. The first kappa shape index (κ1) is 27.6. The number of aliphatic hydroxyl groups is 1. The molecule has 0 unspecified atom stereocenters. The van der Waals surface area contributed by atoms with E-state index in [1.807, 2.05) is 12.1 Å². The summed E-state index contributed by atoms with van der Waals surface area (Å²) in [6.45, 7) is -0.0956. The number of rotatable bonds is 6. The molecule has 4 atom stereocenters. The Morgan fingerprint density at radius 3 is 2.33 bits per heavy atom. The van der Waals surface area contributed by atoms with Crippen molar-refractivity contribution in [2.45, 2.75) is 87.2 Å². The molecule has 2 aromatic heterocycles. The molecule has 3 aromatic rings. The zero-order chi connectivity index (χ0) is 30.3. The maximum Gasteiger partial charge on any atom is 0.320 e. The molecule has 236 valence electrons. The van der Waals surface area contributed by atoms with Crippen LogP contribution in [0.3, 0.4) is 0 Å². The van der Waals surface area contributed by atoms with Crippen molar-refractivity contribution in [3.05, 3.63) is 48.0 Å². The summed E-state index contributed by atoms with van der Waals surface area (Å²) < 4.78 is 21.3. The van der Waals surface area contributed by atoms with Gasteiger partial charge in [-0.2, -0.15) is 0 Å². The van der Waals surface area contributed by atoms with Gasteiger partial charge in [0.05, 0.1) is 12.9 Å². The highest BCUT2D eigenvalue weighted by molar-refractivity contribution is 5.96. The van der Waals surface area contributed by atoms with E-state index in [1.165, 1.54) is 25.6 Å². The van der Waals surface area contributed by atoms with Gasteiger partial charge in [-0.25, -0.2) is 19.7 Å². The van der Waals surface area contributed by atoms with Crippen LogP contribution in [0.25, 0.3) is 11.2 Å². The van der Waals surface area contributed by atoms with Crippen LogP contribution in [0.15, 0.2) is 36.9 Å². The Bertz CT molecular complexity index is 1620. The fraction of sp³-hybridized carbons (Fsp3) is 0.594. The third-order valence-corrected chi connectivity index (χ3v) is 10.9. The number of carbonyl (C=O) groups excluding carboxylic acids is 2. The van der Waals surface area contributed by atoms with Crippen LogP contribution in [-0.2, 0) is 31.8 Å². The number of urea groups is 1. The molecule has 4 N–H and O–H groups in total. The van der Waals surface area contributed by atoms with Gasteiger partial charge in [-0.05, 0) is 67.4 Å². The van der Waals surface area contributed by atoms with Crippen LogP contribution in [0, 0.1) is 17.8 Å². The molecule has 2 aliphatic heterocycles. The Hall–Kier alpha value is -3.65. The molecule has 2 saturated heterocycles. The lowest BCUT2D eigenvalue weighted by atomic mass is 9.53. The number of carbonyl (C=O) groups is 2. The molecule has 4 saturated carbocycles. The van der Waals surface area contributed by atoms with Crippen molar-refractivity contribution in [2.24, 2.45) is 17.8 Å². The van der Waals surface area contributed by atoms with Crippen LogP contribution in [0.5, 0.6) is 0 Å². The number of hydrogen-bond acceptors (Lipinski definition) is 9. The van der Waals surface area contributed by atoms with E-state index in [9.17, 15) is 14.7 Å². The van der Waals surface area contributed by atoms with Crippen molar-refractivity contribution in [1.82, 2.24) is 30.2 Å². The monoisotopic (exact) mass is 615 g/mol. The average Bonchev–Trinajstić information content (AvgIpc) is 3.76. The van der Waals surface area contributed by atoms with Crippen LogP contribution < -0.4 is 16.0 Å². The number of benzene rings is 1. The molecule has 45 heavy (non-hydrogen) atoms. The predicted molar refractivity (Wildman–Crippen MR) is 159 cm³/mol. The van der Waals surface area contributed by atoms with Gasteiger partial charge in [-0.1, -0.05) is 24.3 Å². The number of nitrogens with zero attached hydrogens (tertiary/aromatic N) is 4. The SMILES string of the molecule is O=C(Nc1ncnc2c1ncn2[C@@H]1O[C@H](C(=O)NCCO)[C@H]2OC3(Cc4ccccc4C3)O[C@H]21)NC12CC3CC(CC(C3)C1)C2. The van der Waals surface area contributed by atoms with Crippen molar-refractivity contribution >= 4 is 28.9 Å². The number of aromatic nitrogens is 4. The molecule has 3 amide bonds. The predicted octanol–water partition coefficient (Wildman–Crippen LogP) is 2.20. The van der Waals surface area contributed by atoms with Gasteiger partial charge in [0.1, 0.15) is 18.5 Å². The molecule has 4 heterocycles. The van der Waals surface area contributed by atoms with Gasteiger partial charge in [-0.3, -0.25) is 14.7 Å². The van der Waals surface area contributed by atoms with Crippen molar-refractivity contribution in [3.8, 4) is 0 Å². The molecule has 13 heteroatoms. The van der Waals surface area contributed by atoms with Crippen LogP contribution >= 0.6 is 0 Å². The zero-order valence-electron chi connectivity index (χ0n) is 24.9. The molecule has 1 spiro atoms. The summed E-state index contributed by atoms with van der Waals surface area (Å²) in [7, 11) is 0. The maximum atomic E-state index is 13.4. The second-order valence-corrected chi connectivity index (χ2v) is 14.0. The third-order valence-electron chi connectivity index (χ3n) is 10.9. The number of ether oxygens (including phenoxy) is 3. The number of amides is 3. The summed E-state index contributed by atoms with van der Waals surface area (Å²) in [5.41, 5.74) is 3.01. The van der Waals surface area contributed by atoms with Gasteiger partial charge in [0.15, 0.2) is 35.1 Å². The quantitative estimate of drug-likeness (QED) is 0.326. The van der Waals surface area contributed by atoms with Gasteiger partial charge in [0, 0.05) is 24.9 Å². The minimum Gasteiger partial charge on any atom is -0.395 e. The summed E-state index contributed by atoms with van der Waals surface area (Å²) in [4.78, 5) is 40.0. The highest BCUT2D eigenvalue weighted by atomic mass is 16.8. The second-order valence-electron chi connectivity index (χ2n) is 14.0. The van der Waals surface area contributed by atoms with E-state index in [0.29, 0.717) is 47.6 Å². The van der Waals surface area contributed by atoms with Crippen LogP contribution in [0.2, 0.25) is 0 Å². The lowest BCUT2D eigenvalue weighted by Crippen LogP contribution is -2.60. The molecule has 13 nitrogen and oxygen atoms in total. The van der Waals surface area contributed by atoms with Crippen molar-refractivity contribution < 1.29 is 28.9 Å². The lowest BCUT2D eigenvalue weighted by molar-refractivity contribution is -0.211. The molecule has 7 aliphatic rings. The Morgan fingerprint density at radius 2 is 1.64 bits per heavy atom. The average molecular weight is 616 g/mol. The summed E-state index contributed by atoms with van der Waals surface area (Å²) in [6.07, 6.45) is 8.04. The van der Waals surface area contributed by atoms with Gasteiger partial charge in [-0.15, -0.1) is 0 Å². The van der Waals surface area contributed by atoms with E-state index < -0.39 is 30.3 Å². The molecular weight excluding hydrogens is 578 g/mol. The van der Waals surface area contributed by atoms with E-state index >= 15 is 0 Å². The summed E-state index contributed by atoms with van der Waals surface area (Å²) in [5.74, 6) is 1.13. The first-order valence-electron chi connectivity index (χ1n) is 16.1. The smallest absolute Gasteiger partial charge is 0.320 e. The Balaban J connectivity index is 0.982. The molecule has 4 bridgehead atoms. The lowest BCUT2D eigenvalue weighted by Gasteiger charge is -2.56. The summed E-state index contributed by atoms with van der Waals surface area (Å²) in [6, 6.07) is 7.85. The molecule has 0 radical (unpaired) electrons. The summed E-state index contributed by atoms with van der Waals surface area (Å²) in [5, 5.41) is 18.3. The van der Waals surface area contributed by atoms with Gasteiger partial charge in [0.25, 0.3) is 5.91 Å². The largest absolute Gasteiger partial charge is 0.395 e. The first-order chi connectivity index (χ1) is 21.9. The molecule has 6 fully saturated rings. The van der Waals surface area contributed by atoms with E-state index in [-0.39, 0.29) is 30.6 Å². The Labute approximate surface area is 259 Å². The van der Waals surface area contributed by atoms with Crippen molar-refractivity contribution in [1.29, 1.82) is 0 Å². The number of fused-ring (bicyclic) bond motifs is 3. The molecule has 10 rings (SSSR count). The van der Waals surface area contributed by atoms with Gasteiger partial charge in [0.2, 0.25) is 0 Å². The highest BCUT2D eigenvalue weighted by Gasteiger charge is 2.62. The second kappa shape index (κ2) is 10.2. The minimum atomic E-state index is -0.974. The Morgan fingerprint density at radius 1 is 0.956 bits per heavy atom. The van der Waals surface area contributed by atoms with E-state index in [1.54, 1.807) is 10.9 Å². The molecular formula is C32H37N7O6. The van der Waals surface area contributed by atoms with E-state index in [0.717, 1.165) is 30.4 Å². The minimum absolute atomic E-state index is 0.0970. The van der Waals surface area contributed by atoms with Crippen molar-refractivity contribution in [3.63, 3.8) is 0 Å². The first-order valence-corrected chi connectivity index (χ1v) is 16.1. The highest BCUT2D eigenvalue weighted by Crippen LogP contribution is 2.55. The number of aliphatic hydroxyl groups excluding tert-OH is 1. The zero-order valence-corrected chi connectivity index (χ0v) is 24.9. The summed E-state index contributed by atoms with van der Waals surface area (Å²) >= 11 is 0. The Kier molecular flexibility index (Phi) is 6.25. The normalized spacial score (nSPS) is 35.1. The number of anilines is 1. The van der Waals surface area contributed by atoms with Crippen LogP contribution in [0.1, 0.15) is 55.9 Å². The van der Waals surface area contributed by atoms with E-state index in [4.69, 9.17) is 14.2 Å². The molecule has 5 aliphatic carbocycles. The number of hydrogen-bond donors (Lipinski definition) is 4. The maximum absolute atomic E-state index is 13.4. The van der Waals surface area contributed by atoms with E-state index in [2.05, 4.69) is 43.0 Å².